The van der Waals surface area contributed by atoms with Gasteiger partial charge in [-0.05, 0) is 27.7 Å². The number of hydrogen-bond donors (Lipinski definition) is 2. The topological polar surface area (TPSA) is 101 Å². The second kappa shape index (κ2) is 6.31. The highest BCUT2D eigenvalue weighted by Gasteiger charge is 2.22. The Morgan fingerprint density at radius 3 is 2.35 bits per heavy atom. The molecule has 7 heteroatoms. The molecule has 1 aromatic heterocycles. The molecule has 1 atom stereocenters. The first-order valence-electron chi connectivity index (χ1n) is 6.17. The Balaban J connectivity index is 2.82. The predicted octanol–water partition coefficient (Wildman–Crippen LogP) is 1.83. The van der Waals surface area contributed by atoms with Gasteiger partial charge in [0.2, 0.25) is 0 Å². The minimum Gasteiger partial charge on any atom is -0.481 e. The molecule has 0 fully saturated rings. The second-order valence-corrected chi connectivity index (χ2v) is 5.36. The van der Waals surface area contributed by atoms with E-state index in [1.807, 2.05) is 0 Å². The Kier molecular flexibility index (Phi) is 5.01. The summed E-state index contributed by atoms with van der Waals surface area (Å²) in [6.45, 7) is 6.91. The van der Waals surface area contributed by atoms with Crippen LogP contribution in [0.4, 0.5) is 4.79 Å². The largest absolute Gasteiger partial charge is 0.481 e. The smallest absolute Gasteiger partial charge is 0.408 e. The van der Waals surface area contributed by atoms with Crippen LogP contribution < -0.4 is 5.32 Å². The molecule has 1 heterocycles. The zero-order valence-electron chi connectivity index (χ0n) is 12.0. The van der Waals surface area contributed by atoms with E-state index < -0.39 is 23.7 Å². The molecule has 0 aliphatic rings. The third-order valence-corrected chi connectivity index (χ3v) is 2.27. The number of nitrogens with zero attached hydrogens (tertiary/aromatic N) is 2. The Bertz CT molecular complexity index is 479. The maximum atomic E-state index is 11.7. The monoisotopic (exact) mass is 281 g/mol. The normalized spacial score (nSPS) is 12.6. The van der Waals surface area contributed by atoms with Crippen LogP contribution in [0.2, 0.25) is 0 Å². The number of amides is 1. The number of alkyl carbamates (subject to hydrolysis) is 1. The molecule has 1 amide bonds. The average Bonchev–Trinajstić information content (AvgIpc) is 2.25. The van der Waals surface area contributed by atoms with Crippen LogP contribution in [0.25, 0.3) is 0 Å². The van der Waals surface area contributed by atoms with Crippen LogP contribution >= 0.6 is 0 Å². The number of carboxylic acid groups (broad SMARTS) is 1. The van der Waals surface area contributed by atoms with E-state index in [-0.39, 0.29) is 6.42 Å². The number of rotatable bonds is 4. The molecule has 7 nitrogen and oxygen atoms in total. The molecule has 0 saturated carbocycles. The van der Waals surface area contributed by atoms with Gasteiger partial charge in [-0.25, -0.2) is 14.8 Å². The molecule has 0 unspecified atom stereocenters. The summed E-state index contributed by atoms with van der Waals surface area (Å²) < 4.78 is 5.11. The Morgan fingerprint density at radius 1 is 1.35 bits per heavy atom. The number of aliphatic carboxylic acids is 1. The Hall–Kier alpha value is -2.18. The van der Waals surface area contributed by atoms with Crippen LogP contribution in [-0.4, -0.2) is 32.7 Å². The number of carboxylic acids is 1. The highest BCUT2D eigenvalue weighted by Crippen LogP contribution is 2.16. The molecule has 0 aliphatic heterocycles. The van der Waals surface area contributed by atoms with Crippen LogP contribution in [-0.2, 0) is 9.53 Å². The van der Waals surface area contributed by atoms with E-state index >= 15 is 0 Å². The third kappa shape index (κ3) is 5.64. The van der Waals surface area contributed by atoms with Gasteiger partial charge in [-0.1, -0.05) is 0 Å². The molecular weight excluding hydrogens is 262 g/mol. The van der Waals surface area contributed by atoms with Crippen molar-refractivity contribution in [2.45, 2.75) is 45.8 Å². The Morgan fingerprint density at radius 2 is 1.90 bits per heavy atom. The van der Waals surface area contributed by atoms with Crippen molar-refractivity contribution in [2.24, 2.45) is 0 Å². The lowest BCUT2D eigenvalue weighted by atomic mass is 10.1. The summed E-state index contributed by atoms with van der Waals surface area (Å²) in [5.74, 6) is -0.466. The molecule has 0 spiro atoms. The number of carbonyl (C=O) groups excluding carboxylic acids is 1. The standard InChI is InChI=1S/C13H19N3O4/c1-8-14-6-9(7-15-8)10(5-11(17)18)16-12(19)20-13(2,3)4/h6-7,10H,5H2,1-4H3,(H,16,19)(H,17,18)/t10-/m1/s1. The summed E-state index contributed by atoms with van der Waals surface area (Å²) in [6, 6.07) is -0.733. The van der Waals surface area contributed by atoms with Gasteiger partial charge in [0.25, 0.3) is 0 Å². The average molecular weight is 281 g/mol. The summed E-state index contributed by atoms with van der Waals surface area (Å²) >= 11 is 0. The van der Waals surface area contributed by atoms with Crippen LogP contribution in [0.5, 0.6) is 0 Å². The van der Waals surface area contributed by atoms with E-state index in [1.165, 1.54) is 12.4 Å². The van der Waals surface area contributed by atoms with Gasteiger partial charge >= 0.3 is 12.1 Å². The van der Waals surface area contributed by atoms with Gasteiger partial charge in [0.05, 0.1) is 12.5 Å². The molecule has 110 valence electrons. The molecule has 2 N–H and O–H groups in total. The van der Waals surface area contributed by atoms with Gasteiger partial charge < -0.3 is 15.2 Å². The first-order valence-corrected chi connectivity index (χ1v) is 6.17. The first kappa shape index (κ1) is 15.9. The van der Waals surface area contributed by atoms with Crippen molar-refractivity contribution in [1.82, 2.24) is 15.3 Å². The van der Waals surface area contributed by atoms with E-state index in [1.54, 1.807) is 27.7 Å². The highest BCUT2D eigenvalue weighted by atomic mass is 16.6. The molecule has 0 aromatic carbocycles. The summed E-state index contributed by atoms with van der Waals surface area (Å²) in [6.07, 6.45) is 2.04. The van der Waals surface area contributed by atoms with Crippen LogP contribution in [0, 0.1) is 6.92 Å². The molecule has 0 radical (unpaired) electrons. The maximum absolute atomic E-state index is 11.7. The van der Waals surface area contributed by atoms with Crippen molar-refractivity contribution < 1.29 is 19.4 Å². The van der Waals surface area contributed by atoms with Crippen LogP contribution in [0.3, 0.4) is 0 Å². The van der Waals surface area contributed by atoms with Crippen molar-refractivity contribution in [1.29, 1.82) is 0 Å². The molecular formula is C13H19N3O4. The summed E-state index contributed by atoms with van der Waals surface area (Å²) in [5, 5.41) is 11.4. The number of ether oxygens (including phenoxy) is 1. The number of aromatic nitrogens is 2. The zero-order chi connectivity index (χ0) is 15.3. The van der Waals surface area contributed by atoms with Gasteiger partial charge in [0, 0.05) is 18.0 Å². The van der Waals surface area contributed by atoms with Gasteiger partial charge in [0.15, 0.2) is 0 Å². The van der Waals surface area contributed by atoms with Gasteiger partial charge in [0.1, 0.15) is 11.4 Å². The van der Waals surface area contributed by atoms with Crippen molar-refractivity contribution in [3.05, 3.63) is 23.8 Å². The zero-order valence-corrected chi connectivity index (χ0v) is 12.0. The highest BCUT2D eigenvalue weighted by molar-refractivity contribution is 5.72. The third-order valence-electron chi connectivity index (χ3n) is 2.27. The van der Waals surface area contributed by atoms with Gasteiger partial charge in [-0.15, -0.1) is 0 Å². The molecule has 0 saturated heterocycles. The lowest BCUT2D eigenvalue weighted by Gasteiger charge is -2.23. The van der Waals surface area contributed by atoms with Gasteiger partial charge in [-0.2, -0.15) is 0 Å². The predicted molar refractivity (Wildman–Crippen MR) is 71.1 cm³/mol. The van der Waals surface area contributed by atoms with Crippen LogP contribution in [0.15, 0.2) is 12.4 Å². The van der Waals surface area contributed by atoms with E-state index in [0.717, 1.165) is 0 Å². The van der Waals surface area contributed by atoms with Crippen molar-refractivity contribution >= 4 is 12.1 Å². The molecule has 0 aliphatic carbocycles. The quantitative estimate of drug-likeness (QED) is 0.873. The fraction of sp³-hybridized carbons (Fsp3) is 0.538. The summed E-state index contributed by atoms with van der Waals surface area (Å²) in [7, 11) is 0. The fourth-order valence-corrected chi connectivity index (χ4v) is 1.46. The Labute approximate surface area is 117 Å². The lowest BCUT2D eigenvalue weighted by molar-refractivity contribution is -0.137. The van der Waals surface area contributed by atoms with E-state index in [4.69, 9.17) is 9.84 Å². The summed E-state index contributed by atoms with van der Waals surface area (Å²) in [5.41, 5.74) is -0.134. The summed E-state index contributed by atoms with van der Waals surface area (Å²) in [4.78, 5) is 30.6. The van der Waals surface area contributed by atoms with Crippen molar-refractivity contribution in [3.8, 4) is 0 Å². The molecule has 20 heavy (non-hydrogen) atoms. The molecule has 1 rings (SSSR count). The lowest BCUT2D eigenvalue weighted by Crippen LogP contribution is -2.35. The maximum Gasteiger partial charge on any atom is 0.408 e. The minimum absolute atomic E-state index is 0.272. The minimum atomic E-state index is -1.04. The van der Waals surface area contributed by atoms with E-state index in [9.17, 15) is 9.59 Å². The van der Waals surface area contributed by atoms with Crippen molar-refractivity contribution in [2.75, 3.05) is 0 Å². The first-order chi connectivity index (χ1) is 9.17. The second-order valence-electron chi connectivity index (χ2n) is 5.36. The van der Waals surface area contributed by atoms with E-state index in [2.05, 4.69) is 15.3 Å². The number of carbonyl (C=O) groups is 2. The molecule has 0 bridgehead atoms. The number of hydrogen-bond acceptors (Lipinski definition) is 5. The van der Waals surface area contributed by atoms with Gasteiger partial charge in [-0.3, -0.25) is 4.79 Å². The fourth-order valence-electron chi connectivity index (χ4n) is 1.46. The van der Waals surface area contributed by atoms with E-state index in [0.29, 0.717) is 11.4 Å². The van der Waals surface area contributed by atoms with Crippen LogP contribution in [0.1, 0.15) is 44.6 Å². The number of nitrogens with one attached hydrogen (secondary N) is 1. The van der Waals surface area contributed by atoms with Crippen molar-refractivity contribution in [3.63, 3.8) is 0 Å². The molecule has 1 aromatic rings. The number of aryl methyl sites for hydroxylation is 1. The SMILES string of the molecule is Cc1ncc([C@@H](CC(=O)O)NC(=O)OC(C)(C)C)cn1.